The van der Waals surface area contributed by atoms with Gasteiger partial charge >= 0.3 is 0 Å². The third kappa shape index (κ3) is 2.79. The minimum Gasteiger partial charge on any atom is -0.351 e. The molecule has 1 atom stereocenters. The molecule has 0 aromatic carbocycles. The summed E-state index contributed by atoms with van der Waals surface area (Å²) in [7, 11) is 0. The van der Waals surface area contributed by atoms with Crippen molar-refractivity contribution in [1.82, 2.24) is 10.2 Å². The molecule has 1 unspecified atom stereocenters. The van der Waals surface area contributed by atoms with Gasteiger partial charge in [0.2, 0.25) is 11.8 Å². The van der Waals surface area contributed by atoms with E-state index in [0.29, 0.717) is 13.0 Å². The summed E-state index contributed by atoms with van der Waals surface area (Å²) < 4.78 is 0. The number of carbonyl (C=O) groups excluding carboxylic acids is 2. The number of nitrogens with zero attached hydrogens (tertiary/aromatic N) is 1. The van der Waals surface area contributed by atoms with Crippen LogP contribution in [0, 0.1) is 5.92 Å². The lowest BCUT2D eigenvalue weighted by atomic mass is 10.1. The molecule has 2 rings (SSSR count). The normalized spacial score (nSPS) is 25.9. The van der Waals surface area contributed by atoms with Gasteiger partial charge in [-0.2, -0.15) is 0 Å². The summed E-state index contributed by atoms with van der Waals surface area (Å²) in [6.07, 6.45) is 4.83. The first kappa shape index (κ1) is 12.4. The number of amides is 2. The Balaban J connectivity index is 1.84. The molecule has 4 nitrogen and oxygen atoms in total. The van der Waals surface area contributed by atoms with Gasteiger partial charge in [-0.3, -0.25) is 9.59 Å². The Morgan fingerprint density at radius 1 is 1.35 bits per heavy atom. The van der Waals surface area contributed by atoms with Crippen LogP contribution in [0.1, 0.15) is 46.0 Å². The van der Waals surface area contributed by atoms with Crippen molar-refractivity contribution >= 4 is 11.8 Å². The highest BCUT2D eigenvalue weighted by Crippen LogP contribution is 2.25. The van der Waals surface area contributed by atoms with Crippen LogP contribution in [0.5, 0.6) is 0 Å². The second-order valence-electron chi connectivity index (χ2n) is 5.53. The molecule has 0 aromatic heterocycles. The first-order chi connectivity index (χ1) is 8.08. The molecule has 96 valence electrons. The zero-order chi connectivity index (χ0) is 12.4. The van der Waals surface area contributed by atoms with Gasteiger partial charge in [-0.1, -0.05) is 12.8 Å². The summed E-state index contributed by atoms with van der Waals surface area (Å²) in [5.41, 5.74) is 0. The van der Waals surface area contributed by atoms with Crippen molar-refractivity contribution in [2.75, 3.05) is 6.54 Å². The zero-order valence-electron chi connectivity index (χ0n) is 10.7. The molecule has 1 saturated carbocycles. The van der Waals surface area contributed by atoms with Crippen LogP contribution in [-0.4, -0.2) is 35.3 Å². The van der Waals surface area contributed by atoms with Crippen molar-refractivity contribution < 1.29 is 9.59 Å². The number of hydrogen-bond acceptors (Lipinski definition) is 2. The molecule has 17 heavy (non-hydrogen) atoms. The fraction of sp³-hybridized carbons (Fsp3) is 0.846. The topological polar surface area (TPSA) is 49.4 Å². The van der Waals surface area contributed by atoms with Gasteiger partial charge in [0.05, 0.1) is 6.04 Å². The maximum atomic E-state index is 11.9. The molecule has 0 spiro atoms. The molecule has 1 aliphatic heterocycles. The molecular formula is C13H22N2O2. The minimum atomic E-state index is 0.0259. The summed E-state index contributed by atoms with van der Waals surface area (Å²) in [5.74, 6) is 0.515. The van der Waals surface area contributed by atoms with Crippen LogP contribution in [0.15, 0.2) is 0 Å². The van der Waals surface area contributed by atoms with Crippen LogP contribution < -0.4 is 5.32 Å². The molecule has 2 amide bonds. The lowest BCUT2D eigenvalue weighted by Gasteiger charge is -2.21. The van der Waals surface area contributed by atoms with Gasteiger partial charge in [-0.25, -0.2) is 0 Å². The van der Waals surface area contributed by atoms with E-state index in [4.69, 9.17) is 0 Å². The number of likely N-dealkylation sites (tertiary alicyclic amines) is 1. The summed E-state index contributed by atoms with van der Waals surface area (Å²) in [5, 5.41) is 3.03. The summed E-state index contributed by atoms with van der Waals surface area (Å²) in [4.78, 5) is 25.5. The smallest absolute Gasteiger partial charge is 0.225 e. The first-order valence-corrected chi connectivity index (χ1v) is 6.67. The first-order valence-electron chi connectivity index (χ1n) is 6.67. The zero-order valence-corrected chi connectivity index (χ0v) is 10.7. The van der Waals surface area contributed by atoms with Crippen LogP contribution in [-0.2, 0) is 9.59 Å². The Bertz CT molecular complexity index is 309. The molecule has 4 heteroatoms. The fourth-order valence-electron chi connectivity index (χ4n) is 2.83. The van der Waals surface area contributed by atoms with E-state index in [-0.39, 0.29) is 29.8 Å². The Morgan fingerprint density at radius 3 is 2.53 bits per heavy atom. The summed E-state index contributed by atoms with van der Waals surface area (Å²) >= 11 is 0. The van der Waals surface area contributed by atoms with E-state index in [0.717, 1.165) is 12.8 Å². The SMILES string of the molecule is CC(C)N1CC(NC(=O)C2CCCC2)CC1=O. The van der Waals surface area contributed by atoms with Crippen LogP contribution in [0.2, 0.25) is 0 Å². The summed E-state index contributed by atoms with van der Waals surface area (Å²) in [6.45, 7) is 4.70. The van der Waals surface area contributed by atoms with E-state index < -0.39 is 0 Å². The summed E-state index contributed by atoms with van der Waals surface area (Å²) in [6, 6.07) is 0.258. The van der Waals surface area contributed by atoms with Crippen LogP contribution in [0.4, 0.5) is 0 Å². The van der Waals surface area contributed by atoms with Gasteiger partial charge in [-0.15, -0.1) is 0 Å². The number of carbonyl (C=O) groups is 2. The second kappa shape index (κ2) is 5.07. The molecule has 0 bridgehead atoms. The standard InChI is InChI=1S/C13H22N2O2/c1-9(2)15-8-11(7-12(15)16)14-13(17)10-5-3-4-6-10/h9-11H,3-8H2,1-2H3,(H,14,17). The second-order valence-corrected chi connectivity index (χ2v) is 5.53. The van der Waals surface area contributed by atoms with Gasteiger partial charge in [0.25, 0.3) is 0 Å². The largest absolute Gasteiger partial charge is 0.351 e. The number of rotatable bonds is 3. The van der Waals surface area contributed by atoms with Crippen molar-refractivity contribution in [1.29, 1.82) is 0 Å². The molecule has 1 aliphatic carbocycles. The van der Waals surface area contributed by atoms with Crippen molar-refractivity contribution in [2.45, 2.75) is 58.0 Å². The van der Waals surface area contributed by atoms with Crippen LogP contribution in [0.25, 0.3) is 0 Å². The molecular weight excluding hydrogens is 216 g/mol. The predicted molar refractivity (Wildman–Crippen MR) is 65.4 cm³/mol. The highest BCUT2D eigenvalue weighted by atomic mass is 16.2. The van der Waals surface area contributed by atoms with Crippen molar-refractivity contribution in [3.05, 3.63) is 0 Å². The lowest BCUT2D eigenvalue weighted by molar-refractivity contribution is -0.129. The van der Waals surface area contributed by atoms with E-state index in [2.05, 4.69) is 5.32 Å². The van der Waals surface area contributed by atoms with Crippen molar-refractivity contribution in [3.63, 3.8) is 0 Å². The van der Waals surface area contributed by atoms with Crippen LogP contribution >= 0.6 is 0 Å². The fourth-order valence-corrected chi connectivity index (χ4v) is 2.83. The molecule has 2 aliphatic rings. The highest BCUT2D eigenvalue weighted by Gasteiger charge is 2.33. The maximum absolute atomic E-state index is 11.9. The monoisotopic (exact) mass is 238 g/mol. The van der Waals surface area contributed by atoms with E-state index in [9.17, 15) is 9.59 Å². The van der Waals surface area contributed by atoms with E-state index in [1.54, 1.807) is 0 Å². The van der Waals surface area contributed by atoms with E-state index in [1.165, 1.54) is 12.8 Å². The Morgan fingerprint density at radius 2 is 2.00 bits per heavy atom. The molecule has 0 aromatic rings. The third-order valence-corrected chi connectivity index (χ3v) is 3.85. The lowest BCUT2D eigenvalue weighted by Crippen LogP contribution is -2.41. The maximum Gasteiger partial charge on any atom is 0.225 e. The number of hydrogen-bond donors (Lipinski definition) is 1. The molecule has 0 radical (unpaired) electrons. The molecule has 1 saturated heterocycles. The average molecular weight is 238 g/mol. The molecule has 1 heterocycles. The molecule has 2 fully saturated rings. The third-order valence-electron chi connectivity index (χ3n) is 3.85. The number of nitrogens with one attached hydrogen (secondary N) is 1. The van der Waals surface area contributed by atoms with E-state index >= 15 is 0 Å². The van der Waals surface area contributed by atoms with Gasteiger partial charge in [0, 0.05) is 24.9 Å². The minimum absolute atomic E-state index is 0.0259. The van der Waals surface area contributed by atoms with Crippen molar-refractivity contribution in [3.8, 4) is 0 Å². The van der Waals surface area contributed by atoms with E-state index in [1.807, 2.05) is 18.7 Å². The van der Waals surface area contributed by atoms with Gasteiger partial charge in [0.1, 0.15) is 0 Å². The van der Waals surface area contributed by atoms with Gasteiger partial charge < -0.3 is 10.2 Å². The van der Waals surface area contributed by atoms with Gasteiger partial charge in [-0.05, 0) is 26.7 Å². The van der Waals surface area contributed by atoms with Gasteiger partial charge in [0.15, 0.2) is 0 Å². The Hall–Kier alpha value is -1.06. The Labute approximate surface area is 103 Å². The highest BCUT2D eigenvalue weighted by molar-refractivity contribution is 5.83. The van der Waals surface area contributed by atoms with Crippen LogP contribution in [0.3, 0.4) is 0 Å². The average Bonchev–Trinajstić information content (AvgIpc) is 2.86. The molecule has 1 N–H and O–H groups in total. The Kier molecular flexibility index (Phi) is 3.69. The quantitative estimate of drug-likeness (QED) is 0.805. The van der Waals surface area contributed by atoms with Crippen molar-refractivity contribution in [2.24, 2.45) is 5.92 Å². The predicted octanol–water partition coefficient (Wildman–Crippen LogP) is 1.30.